The number of cyclic esters (lactones) is 1. The number of nitrogens with one attached hydrogen (secondary N) is 1. The van der Waals surface area contributed by atoms with Crippen molar-refractivity contribution in [2.24, 2.45) is 17.8 Å². The molecule has 1 aromatic carbocycles. The summed E-state index contributed by atoms with van der Waals surface area (Å²) in [5, 5.41) is 13.4. The molecule has 2 N–H and O–H groups in total. The Hall–Kier alpha value is -3.50. The van der Waals surface area contributed by atoms with Gasteiger partial charge in [-0.3, -0.25) is 19.2 Å². The van der Waals surface area contributed by atoms with E-state index >= 15 is 0 Å². The number of esters is 1. The highest BCUT2D eigenvalue weighted by molar-refractivity contribution is 5.99. The number of likely N-dealkylation sites (tertiary alicyclic amines) is 1. The van der Waals surface area contributed by atoms with Gasteiger partial charge < -0.3 is 29.7 Å². The van der Waals surface area contributed by atoms with Crippen LogP contribution >= 0.6 is 0 Å². The number of ether oxygens (including phenoxy) is 2. The van der Waals surface area contributed by atoms with E-state index in [1.807, 2.05) is 77.1 Å². The predicted molar refractivity (Wildman–Crippen MR) is 163 cm³/mol. The molecule has 7 atom stereocenters. The van der Waals surface area contributed by atoms with Crippen LogP contribution in [0.15, 0.2) is 54.6 Å². The standard InChI is InChI=1S/C34H45N3O7/c1-21(2)18-23(20-38)37-29-31(41)36(33(3,4)5)17-11-7-10-14-26(39)35-19-25(22-12-8-6-9-13-22)43-32(42)27-24-15-16-34(29,44-24)28(27)30(37)40/h6-9,11-13,15-16,21,23-25,27-29,38H,10,14,17-20H2,1-5H3,(H,35,39)/b11-7-/t23-,24+,25+,27-,28-,29+,34-/m1/s1. The number of carbonyl (C=O) groups is 4. The minimum atomic E-state index is -1.38. The van der Waals surface area contributed by atoms with Crippen LogP contribution in [0.5, 0.6) is 0 Å². The molecule has 0 radical (unpaired) electrons. The van der Waals surface area contributed by atoms with E-state index in [1.165, 1.54) is 4.90 Å². The SMILES string of the molecule is CC(C)C[C@H](CO)N1C(=O)[C@H]2[C@@H]3C(=O)O[C@H](c4ccccc4)CNC(=O)CC/C=C\CN(C(C)(C)C)C(=O)[C@H]1[C@@]21C=C[C@@H]3O1. The maximum atomic E-state index is 14.7. The Kier molecular flexibility index (Phi) is 9.05. The highest BCUT2D eigenvalue weighted by Gasteiger charge is 2.74. The number of hydrogen-bond acceptors (Lipinski definition) is 7. The van der Waals surface area contributed by atoms with Gasteiger partial charge in [0.1, 0.15) is 23.7 Å². The predicted octanol–water partition coefficient (Wildman–Crippen LogP) is 2.92. The maximum Gasteiger partial charge on any atom is 0.313 e. The van der Waals surface area contributed by atoms with Gasteiger partial charge in [0.05, 0.1) is 31.2 Å². The van der Waals surface area contributed by atoms with Crippen LogP contribution in [0.25, 0.3) is 0 Å². The first kappa shape index (κ1) is 31.9. The summed E-state index contributed by atoms with van der Waals surface area (Å²) in [5.74, 6) is -3.38. The molecule has 4 aliphatic rings. The zero-order valence-electron chi connectivity index (χ0n) is 26.3. The molecule has 10 nitrogen and oxygen atoms in total. The second kappa shape index (κ2) is 12.5. The largest absolute Gasteiger partial charge is 0.455 e. The van der Waals surface area contributed by atoms with Gasteiger partial charge in [0, 0.05) is 18.5 Å². The normalized spacial score (nSPS) is 32.6. The van der Waals surface area contributed by atoms with E-state index in [4.69, 9.17) is 9.47 Å². The Labute approximate surface area is 259 Å². The monoisotopic (exact) mass is 607 g/mol. The van der Waals surface area contributed by atoms with Gasteiger partial charge in [-0.15, -0.1) is 0 Å². The number of allylic oxidation sites excluding steroid dienone is 1. The molecule has 1 spiro atoms. The van der Waals surface area contributed by atoms with Gasteiger partial charge in [0.25, 0.3) is 0 Å². The van der Waals surface area contributed by atoms with Gasteiger partial charge in [0.2, 0.25) is 17.7 Å². The van der Waals surface area contributed by atoms with Crippen molar-refractivity contribution in [3.63, 3.8) is 0 Å². The van der Waals surface area contributed by atoms with E-state index < -0.39 is 59.1 Å². The fourth-order valence-electron chi connectivity index (χ4n) is 7.13. The smallest absolute Gasteiger partial charge is 0.313 e. The molecule has 238 valence electrons. The zero-order chi connectivity index (χ0) is 31.8. The lowest BCUT2D eigenvalue weighted by molar-refractivity contribution is -0.161. The average molecular weight is 608 g/mol. The summed E-state index contributed by atoms with van der Waals surface area (Å²) in [6, 6.07) is 7.44. The third-order valence-corrected chi connectivity index (χ3v) is 9.15. The molecule has 5 bridgehead atoms. The Morgan fingerprint density at radius 1 is 1.07 bits per heavy atom. The van der Waals surface area contributed by atoms with Gasteiger partial charge in [0.15, 0.2) is 0 Å². The Morgan fingerprint density at radius 3 is 2.45 bits per heavy atom. The molecule has 2 saturated heterocycles. The van der Waals surface area contributed by atoms with E-state index in [9.17, 15) is 24.3 Å². The second-order valence-electron chi connectivity index (χ2n) is 13.7. The van der Waals surface area contributed by atoms with Crippen molar-refractivity contribution >= 4 is 23.7 Å². The quantitative estimate of drug-likeness (QED) is 0.390. The highest BCUT2D eigenvalue weighted by Crippen LogP contribution is 2.56. The van der Waals surface area contributed by atoms with E-state index in [0.717, 1.165) is 0 Å². The van der Waals surface area contributed by atoms with E-state index in [1.54, 1.807) is 17.1 Å². The van der Waals surface area contributed by atoms with Gasteiger partial charge in [-0.2, -0.15) is 0 Å². The molecular formula is C34H45N3O7. The summed E-state index contributed by atoms with van der Waals surface area (Å²) in [7, 11) is 0. The molecule has 0 aromatic heterocycles. The summed E-state index contributed by atoms with van der Waals surface area (Å²) >= 11 is 0. The zero-order valence-corrected chi connectivity index (χ0v) is 26.3. The number of nitrogens with zero attached hydrogens (tertiary/aromatic N) is 2. The Balaban J connectivity index is 1.61. The van der Waals surface area contributed by atoms with E-state index in [0.29, 0.717) is 18.4 Å². The van der Waals surface area contributed by atoms with Crippen molar-refractivity contribution in [2.75, 3.05) is 19.7 Å². The van der Waals surface area contributed by atoms with Crippen LogP contribution in [0, 0.1) is 17.8 Å². The number of hydrogen-bond donors (Lipinski definition) is 2. The summed E-state index contributed by atoms with van der Waals surface area (Å²) < 4.78 is 12.6. The van der Waals surface area contributed by atoms with Crippen LogP contribution < -0.4 is 5.32 Å². The second-order valence-corrected chi connectivity index (χ2v) is 13.7. The number of aliphatic hydroxyl groups is 1. The molecule has 0 saturated carbocycles. The first-order valence-electron chi connectivity index (χ1n) is 15.7. The van der Waals surface area contributed by atoms with Crippen molar-refractivity contribution in [1.29, 1.82) is 0 Å². The molecular weight excluding hydrogens is 562 g/mol. The van der Waals surface area contributed by atoms with Crippen molar-refractivity contribution in [3.8, 4) is 0 Å². The first-order chi connectivity index (χ1) is 20.9. The maximum absolute atomic E-state index is 14.7. The van der Waals surface area contributed by atoms with Crippen molar-refractivity contribution in [3.05, 3.63) is 60.2 Å². The number of rotatable bonds is 5. The number of aliphatic hydroxyl groups excluding tert-OH is 1. The molecule has 44 heavy (non-hydrogen) atoms. The number of amides is 3. The third kappa shape index (κ3) is 5.81. The minimum Gasteiger partial charge on any atom is -0.455 e. The van der Waals surface area contributed by atoms with E-state index in [-0.39, 0.29) is 43.8 Å². The first-order valence-corrected chi connectivity index (χ1v) is 15.7. The molecule has 1 aromatic rings. The van der Waals surface area contributed by atoms with Crippen LogP contribution in [-0.2, 0) is 28.7 Å². The fourth-order valence-corrected chi connectivity index (χ4v) is 7.13. The number of carbonyl (C=O) groups excluding carboxylic acids is 4. The molecule has 10 heteroatoms. The topological polar surface area (TPSA) is 125 Å². The number of fused-ring (bicyclic) bond motifs is 2. The summed E-state index contributed by atoms with van der Waals surface area (Å²) in [6.45, 7) is 9.78. The minimum absolute atomic E-state index is 0.0716. The Morgan fingerprint density at radius 2 is 1.80 bits per heavy atom. The van der Waals surface area contributed by atoms with Crippen molar-refractivity contribution < 1.29 is 33.8 Å². The molecule has 2 fully saturated rings. The van der Waals surface area contributed by atoms with E-state index in [2.05, 4.69) is 5.32 Å². The lowest BCUT2D eigenvalue weighted by atomic mass is 9.74. The fraction of sp³-hybridized carbons (Fsp3) is 0.588. The lowest BCUT2D eigenvalue weighted by Gasteiger charge is -2.43. The molecule has 4 heterocycles. The number of benzene rings is 1. The van der Waals surface area contributed by atoms with Crippen molar-refractivity contribution in [1.82, 2.24) is 15.1 Å². The summed E-state index contributed by atoms with van der Waals surface area (Å²) in [4.78, 5) is 59.2. The lowest BCUT2D eigenvalue weighted by Crippen LogP contribution is -2.61. The van der Waals surface area contributed by atoms with Gasteiger partial charge in [-0.25, -0.2) is 0 Å². The van der Waals surface area contributed by atoms with Crippen LogP contribution in [0.1, 0.15) is 65.5 Å². The molecule has 0 unspecified atom stereocenters. The molecule has 3 amide bonds. The van der Waals surface area contributed by atoms with Gasteiger partial charge >= 0.3 is 5.97 Å². The summed E-state index contributed by atoms with van der Waals surface area (Å²) in [6.07, 6.45) is 6.91. The third-order valence-electron chi connectivity index (χ3n) is 9.15. The Bertz CT molecular complexity index is 1320. The van der Waals surface area contributed by atoms with Crippen LogP contribution in [0.4, 0.5) is 0 Å². The average Bonchev–Trinajstić information content (AvgIpc) is 3.62. The van der Waals surface area contributed by atoms with Crippen LogP contribution in [-0.4, -0.2) is 87.6 Å². The van der Waals surface area contributed by atoms with Crippen molar-refractivity contribution in [2.45, 2.75) is 89.3 Å². The van der Waals surface area contributed by atoms with Crippen LogP contribution in [0.2, 0.25) is 0 Å². The van der Waals surface area contributed by atoms with Gasteiger partial charge in [-0.05, 0) is 45.1 Å². The van der Waals surface area contributed by atoms with Gasteiger partial charge in [-0.1, -0.05) is 68.5 Å². The molecule has 5 rings (SSSR count). The highest BCUT2D eigenvalue weighted by atomic mass is 16.6. The molecule has 0 aliphatic carbocycles. The molecule has 4 aliphatic heterocycles. The van der Waals surface area contributed by atoms with Crippen LogP contribution in [0.3, 0.4) is 0 Å². The summed E-state index contributed by atoms with van der Waals surface area (Å²) in [5.41, 5.74) is -1.30.